The fraction of sp³-hybridized carbons (Fsp3) is 0.154. The van der Waals surface area contributed by atoms with E-state index in [9.17, 15) is 12.8 Å². The van der Waals surface area contributed by atoms with Gasteiger partial charge in [0.25, 0.3) is 10.1 Å². The Hall–Kier alpha value is -3.62. The van der Waals surface area contributed by atoms with Crippen molar-refractivity contribution in [2.75, 3.05) is 11.1 Å². The normalized spacial score (nSPS) is 14.8. The van der Waals surface area contributed by atoms with Crippen molar-refractivity contribution in [3.05, 3.63) is 107 Å². The largest absolute Gasteiger partial charge is 0.324 e. The summed E-state index contributed by atoms with van der Waals surface area (Å²) in [7, 11) is -3.99. The molecule has 8 heteroatoms. The molecule has 2 N–H and O–H groups in total. The molecule has 0 aliphatic heterocycles. The van der Waals surface area contributed by atoms with Gasteiger partial charge in [-0.1, -0.05) is 54.6 Å². The van der Waals surface area contributed by atoms with Crippen LogP contribution >= 0.6 is 0 Å². The lowest BCUT2D eigenvalue weighted by atomic mass is 9.78. The Balaban J connectivity index is 1.41. The molecule has 0 bridgehead atoms. The van der Waals surface area contributed by atoms with E-state index in [-0.39, 0.29) is 23.9 Å². The van der Waals surface area contributed by atoms with Crippen molar-refractivity contribution in [1.82, 2.24) is 9.97 Å². The lowest BCUT2D eigenvalue weighted by molar-refractivity contribution is 0.482. The summed E-state index contributed by atoms with van der Waals surface area (Å²) in [6.45, 7) is 0. The van der Waals surface area contributed by atoms with Gasteiger partial charge in [-0.3, -0.25) is 4.55 Å². The van der Waals surface area contributed by atoms with Crippen LogP contribution < -0.4 is 5.32 Å². The Kier molecular flexibility index (Phi) is 5.85. The van der Waals surface area contributed by atoms with Crippen LogP contribution in [0.1, 0.15) is 28.2 Å². The second-order valence-electron chi connectivity index (χ2n) is 8.29. The molecule has 6 nitrogen and oxygen atoms in total. The molecule has 0 saturated heterocycles. The number of benzene rings is 3. The highest BCUT2D eigenvalue weighted by atomic mass is 32.2. The molecule has 0 amide bonds. The summed E-state index contributed by atoms with van der Waals surface area (Å²) in [4.78, 5) is 9.24. The third-order valence-electron chi connectivity index (χ3n) is 6.02. The van der Waals surface area contributed by atoms with E-state index >= 15 is 0 Å². The van der Waals surface area contributed by atoms with Gasteiger partial charge in [-0.2, -0.15) is 8.42 Å². The first-order chi connectivity index (χ1) is 16.4. The number of hydrogen-bond acceptors (Lipinski definition) is 5. The Morgan fingerprint density at radius 1 is 0.971 bits per heavy atom. The van der Waals surface area contributed by atoms with Gasteiger partial charge >= 0.3 is 0 Å². The van der Waals surface area contributed by atoms with Gasteiger partial charge in [-0.15, -0.1) is 0 Å². The van der Waals surface area contributed by atoms with E-state index in [2.05, 4.69) is 10.3 Å². The summed E-state index contributed by atoms with van der Waals surface area (Å²) in [6.07, 6.45) is 2.62. The van der Waals surface area contributed by atoms with Crippen LogP contribution in [0.5, 0.6) is 0 Å². The van der Waals surface area contributed by atoms with Gasteiger partial charge in [0.05, 0.1) is 11.4 Å². The van der Waals surface area contributed by atoms with Crippen molar-refractivity contribution in [2.24, 2.45) is 0 Å². The quantitative estimate of drug-likeness (QED) is 0.375. The molecule has 172 valence electrons. The smallest absolute Gasteiger partial charge is 0.265 e. The predicted octanol–water partition coefficient (Wildman–Crippen LogP) is 5.14. The third-order valence-corrected chi connectivity index (χ3v) is 6.74. The van der Waals surface area contributed by atoms with E-state index in [4.69, 9.17) is 9.54 Å². The number of aromatic nitrogens is 2. The van der Waals surface area contributed by atoms with E-state index in [0.29, 0.717) is 17.9 Å². The summed E-state index contributed by atoms with van der Waals surface area (Å²) in [5.74, 6) is -0.211. The molecule has 1 aliphatic rings. The van der Waals surface area contributed by atoms with Crippen molar-refractivity contribution in [1.29, 1.82) is 0 Å². The summed E-state index contributed by atoms with van der Waals surface area (Å²) in [5.41, 5.74) is 5.99. The molecule has 34 heavy (non-hydrogen) atoms. The topological polar surface area (TPSA) is 92.2 Å². The average Bonchev–Trinajstić information content (AvgIpc) is 2.83. The maximum atomic E-state index is 14.6. The molecule has 1 atom stereocenters. The van der Waals surface area contributed by atoms with Crippen molar-refractivity contribution in [2.45, 2.75) is 18.8 Å². The molecule has 1 aliphatic carbocycles. The van der Waals surface area contributed by atoms with Gasteiger partial charge in [-0.05, 0) is 53.3 Å². The predicted molar refractivity (Wildman–Crippen MR) is 129 cm³/mol. The molecular formula is C26H22FN3O3S. The summed E-state index contributed by atoms with van der Waals surface area (Å²) >= 11 is 0. The van der Waals surface area contributed by atoms with Crippen molar-refractivity contribution in [3.8, 4) is 11.3 Å². The molecule has 3 aromatic carbocycles. The maximum absolute atomic E-state index is 14.6. The van der Waals surface area contributed by atoms with Crippen LogP contribution in [0.3, 0.4) is 0 Å². The zero-order chi connectivity index (χ0) is 23.7. The van der Waals surface area contributed by atoms with Gasteiger partial charge < -0.3 is 5.32 Å². The van der Waals surface area contributed by atoms with Crippen molar-refractivity contribution >= 4 is 21.8 Å². The first kappa shape index (κ1) is 22.2. The number of aryl methyl sites for hydroxylation is 1. The van der Waals surface area contributed by atoms with Gasteiger partial charge in [0.1, 0.15) is 5.82 Å². The van der Waals surface area contributed by atoms with Crippen LogP contribution in [-0.4, -0.2) is 28.7 Å². The fourth-order valence-corrected chi connectivity index (χ4v) is 4.86. The van der Waals surface area contributed by atoms with Crippen LogP contribution in [0.2, 0.25) is 0 Å². The van der Waals surface area contributed by atoms with E-state index < -0.39 is 10.1 Å². The van der Waals surface area contributed by atoms with Crippen molar-refractivity contribution in [3.63, 3.8) is 0 Å². The summed E-state index contributed by atoms with van der Waals surface area (Å²) in [6, 6.07) is 22.0. The number of rotatable bonds is 6. The maximum Gasteiger partial charge on any atom is 0.265 e. The number of nitrogens with zero attached hydrogens (tertiary/aromatic N) is 2. The first-order valence-corrected chi connectivity index (χ1v) is 12.5. The van der Waals surface area contributed by atoms with Gasteiger partial charge in [0, 0.05) is 23.4 Å². The highest BCUT2D eigenvalue weighted by Crippen LogP contribution is 2.42. The van der Waals surface area contributed by atoms with Gasteiger partial charge in [0.2, 0.25) is 5.95 Å². The van der Waals surface area contributed by atoms with Crippen molar-refractivity contribution < 1.29 is 17.4 Å². The highest BCUT2D eigenvalue weighted by molar-refractivity contribution is 7.85. The molecule has 1 heterocycles. The van der Waals surface area contributed by atoms with Crippen LogP contribution in [-0.2, 0) is 23.0 Å². The van der Waals surface area contributed by atoms with Gasteiger partial charge in [0.15, 0.2) is 0 Å². The molecule has 0 radical (unpaired) electrons. The summed E-state index contributed by atoms with van der Waals surface area (Å²) in [5, 5.41) is 3.19. The zero-order valence-corrected chi connectivity index (χ0v) is 19.0. The van der Waals surface area contributed by atoms with Gasteiger partial charge in [-0.25, -0.2) is 14.4 Å². The molecule has 0 unspecified atom stereocenters. The van der Waals surface area contributed by atoms with E-state index in [1.54, 1.807) is 24.4 Å². The van der Waals surface area contributed by atoms with Crippen LogP contribution in [0, 0.1) is 5.82 Å². The highest BCUT2D eigenvalue weighted by Gasteiger charge is 2.28. The minimum Gasteiger partial charge on any atom is -0.324 e. The lowest BCUT2D eigenvalue weighted by Gasteiger charge is -2.27. The van der Waals surface area contributed by atoms with E-state index in [1.807, 2.05) is 48.5 Å². The van der Waals surface area contributed by atoms with Crippen LogP contribution in [0.25, 0.3) is 11.3 Å². The zero-order valence-electron chi connectivity index (χ0n) is 18.1. The molecule has 4 aromatic rings. The average molecular weight is 476 g/mol. The van der Waals surface area contributed by atoms with E-state index in [0.717, 1.165) is 33.6 Å². The molecule has 0 saturated carbocycles. The monoisotopic (exact) mass is 475 g/mol. The number of anilines is 2. The number of fused-ring (bicyclic) bond motifs is 3. The Morgan fingerprint density at radius 2 is 1.68 bits per heavy atom. The van der Waals surface area contributed by atoms with E-state index in [1.165, 1.54) is 6.07 Å². The number of nitrogens with one attached hydrogen (secondary N) is 1. The molecule has 0 fully saturated rings. The second kappa shape index (κ2) is 8.96. The molecular weight excluding hydrogens is 453 g/mol. The lowest BCUT2D eigenvalue weighted by Crippen LogP contribution is -2.16. The standard InChI is InChI=1S/C26H22FN3O3S/c27-24-8-4-3-6-21(24)23-15-18-16-28-26(30-25(18)22-7-2-1-5-20(22)23)29-19-11-9-17(10-12-19)13-14-34(31,32)33/h1-12,16,23H,13-15H2,(H,28,29,30)(H,31,32,33)/t23-/m1/s1. The Bertz CT molecular complexity index is 1460. The minimum absolute atomic E-state index is 0.109. The Labute approximate surface area is 197 Å². The number of hydrogen-bond donors (Lipinski definition) is 2. The Morgan fingerprint density at radius 3 is 2.41 bits per heavy atom. The fourth-order valence-electron chi connectivity index (χ4n) is 4.36. The first-order valence-electron chi connectivity index (χ1n) is 10.9. The number of halogens is 1. The molecule has 1 aromatic heterocycles. The van der Waals surface area contributed by atoms with Crippen LogP contribution in [0.15, 0.2) is 79.0 Å². The third kappa shape index (κ3) is 4.69. The minimum atomic E-state index is -3.99. The second-order valence-corrected chi connectivity index (χ2v) is 9.86. The summed E-state index contributed by atoms with van der Waals surface area (Å²) < 4.78 is 45.4. The molecule has 5 rings (SSSR count). The van der Waals surface area contributed by atoms with Crippen LogP contribution in [0.4, 0.5) is 16.0 Å². The molecule has 0 spiro atoms. The SMILES string of the molecule is O=S(=O)(O)CCc1ccc(Nc2ncc3c(n2)-c2ccccc2[C@H](c2ccccc2F)C3)cc1.